The van der Waals surface area contributed by atoms with Crippen molar-refractivity contribution in [1.82, 2.24) is 0 Å². The molecule has 108 valence electrons. The minimum atomic E-state index is -1.08. The second-order valence-corrected chi connectivity index (χ2v) is 4.38. The van der Waals surface area contributed by atoms with Crippen LogP contribution in [0.2, 0.25) is 0 Å². The Morgan fingerprint density at radius 2 is 1.52 bits per heavy atom. The quantitative estimate of drug-likeness (QED) is 0.788. The molecule has 0 unspecified atom stereocenters. The van der Waals surface area contributed by atoms with Crippen LogP contribution in [0.3, 0.4) is 0 Å². The van der Waals surface area contributed by atoms with Crippen LogP contribution in [0.4, 0.5) is 11.4 Å². The van der Waals surface area contributed by atoms with Gasteiger partial charge in [0.1, 0.15) is 0 Å². The normalized spacial score (nSPS) is 9.95. The monoisotopic (exact) mass is 284 g/mol. The van der Waals surface area contributed by atoms with Gasteiger partial charge in [0.25, 0.3) is 5.91 Å². The van der Waals surface area contributed by atoms with E-state index in [1.54, 1.807) is 30.3 Å². The molecule has 1 amide bonds. The summed E-state index contributed by atoms with van der Waals surface area (Å²) >= 11 is 0. The molecule has 0 aromatic heterocycles. The van der Waals surface area contributed by atoms with Crippen LogP contribution < -0.4 is 10.6 Å². The molecule has 0 saturated heterocycles. The van der Waals surface area contributed by atoms with Crippen LogP contribution in [-0.2, 0) is 0 Å². The Balaban J connectivity index is 2.29. The summed E-state index contributed by atoms with van der Waals surface area (Å²) in [6, 6.07) is 13.4. The second-order valence-electron chi connectivity index (χ2n) is 4.38. The van der Waals surface area contributed by atoms with Crippen LogP contribution in [0.1, 0.15) is 27.6 Å². The zero-order valence-electron chi connectivity index (χ0n) is 11.6. The molecule has 5 nitrogen and oxygen atoms in total. The van der Waals surface area contributed by atoms with E-state index in [4.69, 9.17) is 5.11 Å². The van der Waals surface area contributed by atoms with E-state index in [9.17, 15) is 9.59 Å². The maximum Gasteiger partial charge on any atom is 0.337 e. The third-order valence-corrected chi connectivity index (χ3v) is 2.94. The van der Waals surface area contributed by atoms with Gasteiger partial charge in [0.05, 0.1) is 16.8 Å². The lowest BCUT2D eigenvalue weighted by Crippen LogP contribution is -2.16. The average molecular weight is 284 g/mol. The molecule has 3 N–H and O–H groups in total. The highest BCUT2D eigenvalue weighted by molar-refractivity contribution is 6.10. The zero-order chi connectivity index (χ0) is 15.2. The Morgan fingerprint density at radius 1 is 0.952 bits per heavy atom. The van der Waals surface area contributed by atoms with Crippen molar-refractivity contribution in [2.24, 2.45) is 0 Å². The fourth-order valence-electron chi connectivity index (χ4n) is 1.99. The third-order valence-electron chi connectivity index (χ3n) is 2.94. The first-order chi connectivity index (χ1) is 10.1. The predicted octanol–water partition coefficient (Wildman–Crippen LogP) is 3.07. The first-order valence-electron chi connectivity index (χ1n) is 6.60. The van der Waals surface area contributed by atoms with E-state index in [1.165, 1.54) is 6.07 Å². The summed E-state index contributed by atoms with van der Waals surface area (Å²) in [4.78, 5) is 23.5. The van der Waals surface area contributed by atoms with Gasteiger partial charge in [-0.3, -0.25) is 4.79 Å². The maximum atomic E-state index is 12.3. The largest absolute Gasteiger partial charge is 0.478 e. The lowest BCUT2D eigenvalue weighted by molar-refractivity contribution is 0.0698. The third kappa shape index (κ3) is 3.39. The Bertz CT molecular complexity index is 668. The van der Waals surface area contributed by atoms with Gasteiger partial charge in [-0.1, -0.05) is 24.3 Å². The minimum absolute atomic E-state index is 0.0618. The molecule has 2 aromatic carbocycles. The molecule has 0 saturated carbocycles. The standard InChI is InChI=1S/C16H16N2O3/c1-2-17-13-9-5-3-7-11(13)15(19)18-14-10-6-4-8-12(14)16(20)21/h3-10,17H,2H2,1H3,(H,18,19)(H,20,21). The van der Waals surface area contributed by atoms with Crippen molar-refractivity contribution in [2.45, 2.75) is 6.92 Å². The SMILES string of the molecule is CCNc1ccccc1C(=O)Nc1ccccc1C(=O)O. The Labute approximate surface area is 122 Å². The number of hydrogen-bond acceptors (Lipinski definition) is 3. The summed E-state index contributed by atoms with van der Waals surface area (Å²) in [6.07, 6.45) is 0. The van der Waals surface area contributed by atoms with Crippen molar-refractivity contribution in [3.8, 4) is 0 Å². The van der Waals surface area contributed by atoms with Crippen LogP contribution in [-0.4, -0.2) is 23.5 Å². The molecule has 0 aliphatic rings. The summed E-state index contributed by atoms with van der Waals surface area (Å²) in [5, 5.41) is 14.9. The lowest BCUT2D eigenvalue weighted by atomic mass is 10.1. The molecule has 2 rings (SSSR count). The van der Waals surface area contributed by atoms with Crippen LogP contribution in [0.5, 0.6) is 0 Å². The van der Waals surface area contributed by atoms with Crippen LogP contribution in [0.25, 0.3) is 0 Å². The Kier molecular flexibility index (Phi) is 4.56. The van der Waals surface area contributed by atoms with Gasteiger partial charge in [-0.25, -0.2) is 4.79 Å². The van der Waals surface area contributed by atoms with Gasteiger partial charge in [0.2, 0.25) is 0 Å². The van der Waals surface area contributed by atoms with E-state index in [1.807, 2.05) is 19.1 Å². The van der Waals surface area contributed by atoms with E-state index in [0.717, 1.165) is 0 Å². The first kappa shape index (κ1) is 14.6. The summed E-state index contributed by atoms with van der Waals surface area (Å²) in [7, 11) is 0. The highest BCUT2D eigenvalue weighted by Crippen LogP contribution is 2.19. The molecule has 0 fully saturated rings. The predicted molar refractivity (Wildman–Crippen MR) is 82.0 cm³/mol. The van der Waals surface area contributed by atoms with E-state index in [2.05, 4.69) is 10.6 Å². The van der Waals surface area contributed by atoms with Crippen molar-refractivity contribution in [3.63, 3.8) is 0 Å². The number of carboxylic acid groups (broad SMARTS) is 1. The summed E-state index contributed by atoms with van der Waals surface area (Å²) in [6.45, 7) is 2.63. The van der Waals surface area contributed by atoms with E-state index in [-0.39, 0.29) is 17.2 Å². The minimum Gasteiger partial charge on any atom is -0.478 e. The fraction of sp³-hybridized carbons (Fsp3) is 0.125. The van der Waals surface area contributed by atoms with Gasteiger partial charge in [0.15, 0.2) is 0 Å². The number of carbonyl (C=O) groups excluding carboxylic acids is 1. The average Bonchev–Trinajstić information content (AvgIpc) is 2.48. The number of benzene rings is 2. The Hall–Kier alpha value is -2.82. The van der Waals surface area contributed by atoms with E-state index >= 15 is 0 Å². The first-order valence-corrected chi connectivity index (χ1v) is 6.60. The number of anilines is 2. The number of hydrogen-bond donors (Lipinski definition) is 3. The van der Waals surface area contributed by atoms with Gasteiger partial charge in [0, 0.05) is 12.2 Å². The number of para-hydroxylation sites is 2. The highest BCUT2D eigenvalue weighted by Gasteiger charge is 2.14. The summed E-state index contributed by atoms with van der Waals surface area (Å²) in [5.74, 6) is -1.42. The van der Waals surface area contributed by atoms with Crippen LogP contribution >= 0.6 is 0 Å². The molecular weight excluding hydrogens is 268 g/mol. The number of rotatable bonds is 5. The van der Waals surface area contributed by atoms with Crippen LogP contribution in [0, 0.1) is 0 Å². The molecule has 0 aliphatic carbocycles. The number of carbonyl (C=O) groups is 2. The smallest absolute Gasteiger partial charge is 0.337 e. The van der Waals surface area contributed by atoms with Crippen molar-refractivity contribution in [1.29, 1.82) is 0 Å². The highest BCUT2D eigenvalue weighted by atomic mass is 16.4. The lowest BCUT2D eigenvalue weighted by Gasteiger charge is -2.12. The molecule has 0 bridgehead atoms. The molecule has 0 heterocycles. The molecule has 2 aromatic rings. The van der Waals surface area contributed by atoms with Gasteiger partial charge in [-0.05, 0) is 31.2 Å². The molecule has 0 aliphatic heterocycles. The second kappa shape index (κ2) is 6.56. The summed E-state index contributed by atoms with van der Waals surface area (Å²) in [5.41, 5.74) is 1.53. The fourth-order valence-corrected chi connectivity index (χ4v) is 1.99. The number of aromatic carboxylic acids is 1. The topological polar surface area (TPSA) is 78.4 Å². The molecule has 21 heavy (non-hydrogen) atoms. The van der Waals surface area contributed by atoms with Gasteiger partial charge in [-0.2, -0.15) is 0 Å². The van der Waals surface area contributed by atoms with Crippen LogP contribution in [0.15, 0.2) is 48.5 Å². The molecule has 0 radical (unpaired) electrons. The summed E-state index contributed by atoms with van der Waals surface area (Å²) < 4.78 is 0. The van der Waals surface area contributed by atoms with Gasteiger partial charge in [-0.15, -0.1) is 0 Å². The maximum absolute atomic E-state index is 12.3. The molecular formula is C16H16N2O3. The van der Waals surface area contributed by atoms with Crippen molar-refractivity contribution < 1.29 is 14.7 Å². The van der Waals surface area contributed by atoms with E-state index in [0.29, 0.717) is 17.8 Å². The number of carboxylic acids is 1. The Morgan fingerprint density at radius 3 is 2.14 bits per heavy atom. The van der Waals surface area contributed by atoms with Crippen molar-refractivity contribution in [2.75, 3.05) is 17.2 Å². The van der Waals surface area contributed by atoms with Gasteiger partial charge < -0.3 is 15.7 Å². The van der Waals surface area contributed by atoms with Crippen molar-refractivity contribution in [3.05, 3.63) is 59.7 Å². The molecule has 0 spiro atoms. The molecule has 5 heteroatoms. The van der Waals surface area contributed by atoms with Gasteiger partial charge >= 0.3 is 5.97 Å². The van der Waals surface area contributed by atoms with Crippen molar-refractivity contribution >= 4 is 23.3 Å². The number of nitrogens with one attached hydrogen (secondary N) is 2. The molecule has 0 atom stereocenters. The zero-order valence-corrected chi connectivity index (χ0v) is 11.6. The number of amides is 1. The van der Waals surface area contributed by atoms with E-state index < -0.39 is 5.97 Å².